The molecule has 3 heteroatoms. The number of halogens is 2. The number of hydrogen-bond acceptors (Lipinski definition) is 1. The van der Waals surface area contributed by atoms with E-state index in [0.717, 1.165) is 0 Å². The normalized spacial score (nSPS) is 11.5. The molecule has 0 aliphatic carbocycles. The zero-order valence-corrected chi connectivity index (χ0v) is 6.38. The monoisotopic (exact) mass is 154 g/mol. The summed E-state index contributed by atoms with van der Waals surface area (Å²) in [6, 6.07) is 0. The van der Waals surface area contributed by atoms with Crippen LogP contribution in [0.3, 0.4) is 0 Å². The van der Waals surface area contributed by atoms with E-state index < -0.39 is 4.87 Å². The summed E-state index contributed by atoms with van der Waals surface area (Å²) in [5.41, 5.74) is 0. The van der Waals surface area contributed by atoms with E-state index in [-0.39, 0.29) is 11.7 Å². The van der Waals surface area contributed by atoms with Crippen molar-refractivity contribution in [1.29, 1.82) is 0 Å². The Morgan fingerprint density at radius 1 is 1.62 bits per heavy atom. The molecule has 0 bridgehead atoms. The number of hydrogen-bond donors (Lipinski definition) is 0. The molecule has 0 aromatic rings. The third-order valence-corrected chi connectivity index (χ3v) is 1.24. The van der Waals surface area contributed by atoms with Crippen LogP contribution in [0.1, 0.15) is 13.8 Å². The summed E-state index contributed by atoms with van der Waals surface area (Å²) in [5.74, 6) is -0.142. The topological polar surface area (TPSA) is 17.1 Å². The second-order valence-corrected chi connectivity index (χ2v) is 3.24. The van der Waals surface area contributed by atoms with Crippen molar-refractivity contribution in [2.75, 3.05) is 5.88 Å². The predicted octanol–water partition coefficient (Wildman–Crippen LogP) is 1.81. The molecule has 48 valence electrons. The highest BCUT2D eigenvalue weighted by Gasteiger charge is 2.22. The molecule has 0 aromatic carbocycles. The van der Waals surface area contributed by atoms with Crippen LogP contribution in [0.4, 0.5) is 0 Å². The molecule has 0 radical (unpaired) electrons. The van der Waals surface area contributed by atoms with Crippen molar-refractivity contribution in [1.82, 2.24) is 0 Å². The fourth-order valence-corrected chi connectivity index (χ4v) is 0.628. The average molecular weight is 155 g/mol. The molecular formula is C5H8Cl2O. The Labute approximate surface area is 59.0 Å². The number of alkyl halides is 2. The fourth-order valence-electron chi connectivity index (χ4n) is 0.159. The minimum Gasteiger partial charge on any atom is -0.296 e. The summed E-state index contributed by atoms with van der Waals surface area (Å²) in [6.45, 7) is 3.25. The molecule has 0 heterocycles. The lowest BCUT2D eigenvalue weighted by atomic mass is 10.1. The molecule has 0 atom stereocenters. The fraction of sp³-hybridized carbons (Fsp3) is 0.800. The van der Waals surface area contributed by atoms with Gasteiger partial charge in [-0.05, 0) is 13.8 Å². The van der Waals surface area contributed by atoms with Crippen LogP contribution in [-0.2, 0) is 4.79 Å². The van der Waals surface area contributed by atoms with Crippen LogP contribution in [0.2, 0.25) is 0 Å². The molecule has 0 rings (SSSR count). The van der Waals surface area contributed by atoms with Gasteiger partial charge >= 0.3 is 0 Å². The number of ketones is 1. The van der Waals surface area contributed by atoms with Gasteiger partial charge in [-0.3, -0.25) is 4.79 Å². The van der Waals surface area contributed by atoms with Crippen LogP contribution >= 0.6 is 23.2 Å². The first-order valence-corrected chi connectivity index (χ1v) is 3.18. The molecule has 8 heavy (non-hydrogen) atoms. The van der Waals surface area contributed by atoms with Gasteiger partial charge < -0.3 is 0 Å². The van der Waals surface area contributed by atoms with Crippen molar-refractivity contribution in [3.8, 4) is 0 Å². The highest BCUT2D eigenvalue weighted by molar-refractivity contribution is 6.40. The van der Waals surface area contributed by atoms with Gasteiger partial charge in [-0.15, -0.1) is 23.2 Å². The summed E-state index contributed by atoms with van der Waals surface area (Å²) in [4.78, 5) is 9.78. The summed E-state index contributed by atoms with van der Waals surface area (Å²) < 4.78 is 0. The van der Waals surface area contributed by atoms with Gasteiger partial charge in [0.05, 0.1) is 10.8 Å². The van der Waals surface area contributed by atoms with Gasteiger partial charge in [0.15, 0.2) is 5.78 Å². The van der Waals surface area contributed by atoms with Gasteiger partial charge in [0.1, 0.15) is 0 Å². The Kier molecular flexibility index (Phi) is 2.78. The number of carbonyl (C=O) groups is 1. The zero-order valence-electron chi connectivity index (χ0n) is 4.87. The maximum absolute atomic E-state index is 10.6. The lowest BCUT2D eigenvalue weighted by Crippen LogP contribution is -2.25. The van der Waals surface area contributed by atoms with Gasteiger partial charge in [0.2, 0.25) is 0 Å². The average Bonchev–Trinajstić information content (AvgIpc) is 1.62. The van der Waals surface area contributed by atoms with E-state index in [1.54, 1.807) is 13.8 Å². The molecule has 0 N–H and O–H groups in total. The molecule has 1 nitrogen and oxygen atoms in total. The Morgan fingerprint density at radius 3 is 2.00 bits per heavy atom. The first kappa shape index (κ1) is 8.25. The van der Waals surface area contributed by atoms with Gasteiger partial charge in [-0.1, -0.05) is 0 Å². The summed E-state index contributed by atoms with van der Waals surface area (Å²) in [7, 11) is 0. The van der Waals surface area contributed by atoms with Crippen LogP contribution in [0.15, 0.2) is 0 Å². The van der Waals surface area contributed by atoms with E-state index in [0.29, 0.717) is 0 Å². The van der Waals surface area contributed by atoms with Crippen molar-refractivity contribution in [3.05, 3.63) is 0 Å². The molecule has 0 saturated carbocycles. The third-order valence-electron chi connectivity index (χ3n) is 0.784. The predicted molar refractivity (Wildman–Crippen MR) is 35.7 cm³/mol. The molecule has 0 unspecified atom stereocenters. The maximum Gasteiger partial charge on any atom is 0.167 e. The van der Waals surface area contributed by atoms with Crippen molar-refractivity contribution < 1.29 is 4.79 Å². The number of carbonyl (C=O) groups excluding carboxylic acids is 1. The Bertz CT molecular complexity index is 93.1. The van der Waals surface area contributed by atoms with Crippen molar-refractivity contribution >= 4 is 29.0 Å². The summed E-state index contributed by atoms with van der Waals surface area (Å²) in [6.07, 6.45) is 0. The van der Waals surface area contributed by atoms with Gasteiger partial charge in [-0.25, -0.2) is 0 Å². The Morgan fingerprint density at radius 2 is 2.00 bits per heavy atom. The molecule has 0 fully saturated rings. The largest absolute Gasteiger partial charge is 0.296 e. The maximum atomic E-state index is 10.6. The quantitative estimate of drug-likeness (QED) is 0.555. The lowest BCUT2D eigenvalue weighted by Gasteiger charge is -2.10. The van der Waals surface area contributed by atoms with E-state index in [2.05, 4.69) is 0 Å². The number of Topliss-reactive ketones (excluding diaryl/α,β-unsaturated/α-hetero) is 1. The van der Waals surface area contributed by atoms with E-state index in [1.807, 2.05) is 0 Å². The minimum absolute atomic E-state index is 0.00347. The van der Waals surface area contributed by atoms with E-state index in [9.17, 15) is 4.79 Å². The second kappa shape index (κ2) is 2.70. The molecule has 0 aliphatic heterocycles. The summed E-state index contributed by atoms with van der Waals surface area (Å²) in [5, 5.41) is 0. The highest BCUT2D eigenvalue weighted by atomic mass is 35.5. The SMILES string of the molecule is CC(C)(Cl)C(=O)CCl. The van der Waals surface area contributed by atoms with E-state index in [4.69, 9.17) is 23.2 Å². The minimum atomic E-state index is -0.790. The smallest absolute Gasteiger partial charge is 0.167 e. The van der Waals surface area contributed by atoms with Crippen molar-refractivity contribution in [2.45, 2.75) is 18.7 Å². The standard InChI is InChI=1S/C5H8Cl2O/c1-5(2,7)4(8)3-6/h3H2,1-2H3. The molecule has 0 saturated heterocycles. The summed E-state index contributed by atoms with van der Waals surface area (Å²) >= 11 is 10.8. The van der Waals surface area contributed by atoms with Gasteiger partial charge in [-0.2, -0.15) is 0 Å². The molecule has 0 spiro atoms. The lowest BCUT2D eigenvalue weighted by molar-refractivity contribution is -0.118. The van der Waals surface area contributed by atoms with Crippen molar-refractivity contribution in [2.24, 2.45) is 0 Å². The van der Waals surface area contributed by atoms with Gasteiger partial charge in [0.25, 0.3) is 0 Å². The zero-order chi connectivity index (χ0) is 6.78. The van der Waals surface area contributed by atoms with Crippen LogP contribution in [0.25, 0.3) is 0 Å². The van der Waals surface area contributed by atoms with Crippen LogP contribution in [0.5, 0.6) is 0 Å². The van der Waals surface area contributed by atoms with Crippen LogP contribution in [-0.4, -0.2) is 16.5 Å². The molecule has 0 amide bonds. The number of rotatable bonds is 2. The Hall–Kier alpha value is 0.250. The molecule has 0 aromatic heterocycles. The van der Waals surface area contributed by atoms with E-state index in [1.165, 1.54) is 0 Å². The first-order valence-electron chi connectivity index (χ1n) is 2.26. The second-order valence-electron chi connectivity index (χ2n) is 2.03. The Balaban J connectivity index is 3.82. The van der Waals surface area contributed by atoms with Crippen molar-refractivity contribution in [3.63, 3.8) is 0 Å². The molecule has 0 aliphatic rings. The van der Waals surface area contributed by atoms with Crippen LogP contribution < -0.4 is 0 Å². The first-order chi connectivity index (χ1) is 3.48. The third kappa shape index (κ3) is 2.53. The molecular weight excluding hydrogens is 147 g/mol. The van der Waals surface area contributed by atoms with E-state index >= 15 is 0 Å². The van der Waals surface area contributed by atoms with Crippen LogP contribution in [0, 0.1) is 0 Å². The van der Waals surface area contributed by atoms with Gasteiger partial charge in [0, 0.05) is 0 Å². The highest BCUT2D eigenvalue weighted by Crippen LogP contribution is 2.13.